The molecule has 1 heterocycles. The van der Waals surface area contributed by atoms with Gasteiger partial charge in [-0.2, -0.15) is 0 Å². The number of nitrogens with zero attached hydrogens (tertiary/aromatic N) is 1. The van der Waals surface area contributed by atoms with Crippen LogP contribution in [-0.4, -0.2) is 42.1 Å². The normalized spacial score (nSPS) is 17.1. The maximum atomic E-state index is 11.5. The Labute approximate surface area is 83.0 Å². The summed E-state index contributed by atoms with van der Waals surface area (Å²) in [6.07, 6.45) is 0.931. The van der Waals surface area contributed by atoms with Crippen molar-refractivity contribution in [1.29, 1.82) is 0 Å². The maximum absolute atomic E-state index is 11.5. The highest BCUT2D eigenvalue weighted by Gasteiger charge is 2.16. The van der Waals surface area contributed by atoms with Crippen LogP contribution >= 0.6 is 12.2 Å². The summed E-state index contributed by atoms with van der Waals surface area (Å²) < 4.78 is 5.13. The lowest BCUT2D eigenvalue weighted by Crippen LogP contribution is -2.40. The topological polar surface area (TPSA) is 55.6 Å². The van der Waals surface area contributed by atoms with Crippen molar-refractivity contribution in [2.75, 3.05) is 26.3 Å². The molecule has 0 radical (unpaired) electrons. The fourth-order valence-electron chi connectivity index (χ4n) is 1.20. The van der Waals surface area contributed by atoms with E-state index in [1.54, 1.807) is 4.90 Å². The van der Waals surface area contributed by atoms with Gasteiger partial charge in [-0.25, -0.2) is 0 Å². The number of carbonyl (C=O) groups is 1. The number of hydrogen-bond donors (Lipinski definition) is 1. The second-order valence-corrected chi connectivity index (χ2v) is 3.48. The van der Waals surface area contributed by atoms with Crippen molar-refractivity contribution >= 4 is 23.1 Å². The summed E-state index contributed by atoms with van der Waals surface area (Å²) in [5, 5.41) is 0. The summed E-state index contributed by atoms with van der Waals surface area (Å²) in [7, 11) is 0. The van der Waals surface area contributed by atoms with Crippen LogP contribution in [0.2, 0.25) is 0 Å². The summed E-state index contributed by atoms with van der Waals surface area (Å²) in [4.78, 5) is 13.7. The average molecular weight is 202 g/mol. The van der Waals surface area contributed by atoms with Gasteiger partial charge in [0.25, 0.3) is 0 Å². The molecule has 0 bridgehead atoms. The SMILES string of the molecule is NC(=S)CCC(=O)N1CCOCC1. The lowest BCUT2D eigenvalue weighted by atomic mass is 10.2. The van der Waals surface area contributed by atoms with Crippen LogP contribution in [0.3, 0.4) is 0 Å². The van der Waals surface area contributed by atoms with Crippen molar-refractivity contribution in [1.82, 2.24) is 4.90 Å². The van der Waals surface area contributed by atoms with E-state index in [9.17, 15) is 4.79 Å². The molecule has 2 N–H and O–H groups in total. The molecule has 0 aromatic carbocycles. The number of amides is 1. The summed E-state index contributed by atoms with van der Waals surface area (Å²) in [5.74, 6) is 0.121. The monoisotopic (exact) mass is 202 g/mol. The molecule has 0 aliphatic carbocycles. The molecule has 0 spiro atoms. The van der Waals surface area contributed by atoms with Crippen LogP contribution in [0.25, 0.3) is 0 Å². The van der Waals surface area contributed by atoms with Gasteiger partial charge in [-0.1, -0.05) is 12.2 Å². The van der Waals surface area contributed by atoms with Crippen LogP contribution < -0.4 is 5.73 Å². The van der Waals surface area contributed by atoms with Crippen LogP contribution in [0.1, 0.15) is 12.8 Å². The predicted octanol–water partition coefficient (Wildman–Crippen LogP) is -0.0885. The Balaban J connectivity index is 2.25. The van der Waals surface area contributed by atoms with E-state index in [1.165, 1.54) is 0 Å². The van der Waals surface area contributed by atoms with E-state index in [0.29, 0.717) is 44.1 Å². The van der Waals surface area contributed by atoms with Crippen LogP contribution in [-0.2, 0) is 9.53 Å². The highest BCUT2D eigenvalue weighted by atomic mass is 32.1. The number of hydrogen-bond acceptors (Lipinski definition) is 3. The lowest BCUT2D eigenvalue weighted by molar-refractivity contribution is -0.135. The van der Waals surface area contributed by atoms with Gasteiger partial charge in [0.15, 0.2) is 0 Å². The third-order valence-electron chi connectivity index (χ3n) is 1.95. The van der Waals surface area contributed by atoms with Crippen molar-refractivity contribution in [3.05, 3.63) is 0 Å². The molecule has 4 nitrogen and oxygen atoms in total. The minimum Gasteiger partial charge on any atom is -0.393 e. The molecule has 1 aliphatic heterocycles. The molecule has 5 heteroatoms. The van der Waals surface area contributed by atoms with Crippen LogP contribution in [0.5, 0.6) is 0 Å². The summed E-state index contributed by atoms with van der Waals surface area (Å²) >= 11 is 4.70. The van der Waals surface area contributed by atoms with Gasteiger partial charge in [0.2, 0.25) is 5.91 Å². The third-order valence-corrected chi connectivity index (χ3v) is 2.15. The second kappa shape index (κ2) is 5.14. The van der Waals surface area contributed by atoms with Gasteiger partial charge < -0.3 is 15.4 Å². The number of rotatable bonds is 3. The molecule has 1 saturated heterocycles. The van der Waals surface area contributed by atoms with Crippen molar-refractivity contribution in [2.45, 2.75) is 12.8 Å². The van der Waals surface area contributed by atoms with Crippen LogP contribution in [0, 0.1) is 0 Å². The molecule has 1 aliphatic rings. The van der Waals surface area contributed by atoms with Crippen molar-refractivity contribution in [3.63, 3.8) is 0 Å². The highest BCUT2D eigenvalue weighted by Crippen LogP contribution is 2.02. The molecule has 74 valence electrons. The third kappa shape index (κ3) is 3.69. The predicted molar refractivity (Wildman–Crippen MR) is 53.4 cm³/mol. The zero-order valence-electron chi connectivity index (χ0n) is 7.49. The van der Waals surface area contributed by atoms with E-state index in [4.69, 9.17) is 22.7 Å². The first kappa shape index (κ1) is 10.4. The Bertz CT molecular complexity index is 202. The highest BCUT2D eigenvalue weighted by molar-refractivity contribution is 7.80. The molecular weight excluding hydrogens is 188 g/mol. The van der Waals surface area contributed by atoms with Crippen molar-refractivity contribution in [2.24, 2.45) is 5.73 Å². The van der Waals surface area contributed by atoms with Crippen molar-refractivity contribution < 1.29 is 9.53 Å². The van der Waals surface area contributed by atoms with Gasteiger partial charge in [0.1, 0.15) is 0 Å². The van der Waals surface area contributed by atoms with Crippen molar-refractivity contribution in [3.8, 4) is 0 Å². The molecule has 0 aromatic heterocycles. The first-order valence-electron chi connectivity index (χ1n) is 4.34. The van der Waals surface area contributed by atoms with E-state index in [0.717, 1.165) is 0 Å². The quantitative estimate of drug-likeness (QED) is 0.650. The largest absolute Gasteiger partial charge is 0.393 e. The summed E-state index contributed by atoms with van der Waals surface area (Å²) in [6, 6.07) is 0. The standard InChI is InChI=1S/C8H14N2O2S/c9-7(13)1-2-8(11)10-3-5-12-6-4-10/h1-6H2,(H2,9,13). The van der Waals surface area contributed by atoms with E-state index < -0.39 is 0 Å². The Morgan fingerprint density at radius 3 is 2.54 bits per heavy atom. The van der Waals surface area contributed by atoms with Gasteiger partial charge in [0.05, 0.1) is 18.2 Å². The molecular formula is C8H14N2O2S. The first-order chi connectivity index (χ1) is 6.20. The molecule has 0 atom stereocenters. The fourth-order valence-corrected chi connectivity index (χ4v) is 1.30. The molecule has 0 saturated carbocycles. The van der Waals surface area contributed by atoms with E-state index in [1.807, 2.05) is 0 Å². The zero-order valence-corrected chi connectivity index (χ0v) is 8.31. The molecule has 0 aromatic rings. The smallest absolute Gasteiger partial charge is 0.223 e. The second-order valence-electron chi connectivity index (χ2n) is 2.96. The van der Waals surface area contributed by atoms with Gasteiger partial charge in [-0.05, 0) is 0 Å². The van der Waals surface area contributed by atoms with E-state index in [2.05, 4.69) is 0 Å². The van der Waals surface area contributed by atoms with Crippen LogP contribution in [0.4, 0.5) is 0 Å². The number of thiocarbonyl (C=S) groups is 1. The molecule has 13 heavy (non-hydrogen) atoms. The maximum Gasteiger partial charge on any atom is 0.223 e. The average Bonchev–Trinajstić information content (AvgIpc) is 2.15. The minimum atomic E-state index is 0.121. The van der Waals surface area contributed by atoms with Gasteiger partial charge in [-0.15, -0.1) is 0 Å². The van der Waals surface area contributed by atoms with Gasteiger partial charge in [0, 0.05) is 25.9 Å². The lowest BCUT2D eigenvalue weighted by Gasteiger charge is -2.26. The molecule has 1 fully saturated rings. The van der Waals surface area contributed by atoms with E-state index >= 15 is 0 Å². The number of ether oxygens (including phenoxy) is 1. The van der Waals surface area contributed by atoms with Gasteiger partial charge in [-0.3, -0.25) is 4.79 Å². The number of morpholine rings is 1. The Morgan fingerprint density at radius 2 is 2.00 bits per heavy atom. The molecule has 1 rings (SSSR count). The number of carbonyl (C=O) groups excluding carboxylic acids is 1. The Morgan fingerprint density at radius 1 is 1.38 bits per heavy atom. The van der Waals surface area contributed by atoms with Crippen LogP contribution in [0.15, 0.2) is 0 Å². The molecule has 0 unspecified atom stereocenters. The summed E-state index contributed by atoms with van der Waals surface area (Å²) in [5.41, 5.74) is 5.31. The first-order valence-corrected chi connectivity index (χ1v) is 4.75. The fraction of sp³-hybridized carbons (Fsp3) is 0.750. The zero-order chi connectivity index (χ0) is 9.68. The van der Waals surface area contributed by atoms with Gasteiger partial charge >= 0.3 is 0 Å². The Hall–Kier alpha value is -0.680. The number of nitrogens with two attached hydrogens (primary N) is 1. The van der Waals surface area contributed by atoms with E-state index in [-0.39, 0.29) is 5.91 Å². The minimum absolute atomic E-state index is 0.121. The summed E-state index contributed by atoms with van der Waals surface area (Å²) in [6.45, 7) is 2.66. The molecule has 1 amide bonds. The Kier molecular flexibility index (Phi) is 4.11.